The van der Waals surface area contributed by atoms with E-state index in [0.29, 0.717) is 6.04 Å². The minimum atomic E-state index is 0.270. The van der Waals surface area contributed by atoms with Crippen molar-refractivity contribution in [3.8, 4) is 12.3 Å². The van der Waals surface area contributed by atoms with E-state index in [9.17, 15) is 0 Å². The molecule has 1 N–H and O–H groups in total. The molecule has 0 aromatic rings. The molecule has 0 aromatic heterocycles. The van der Waals surface area contributed by atoms with Gasteiger partial charge in [0.25, 0.3) is 0 Å². The molecule has 1 rings (SSSR count). The predicted octanol–water partition coefficient (Wildman–Crippen LogP) is 1.64. The van der Waals surface area contributed by atoms with Gasteiger partial charge >= 0.3 is 0 Å². The molecule has 0 heterocycles. The highest BCUT2D eigenvalue weighted by atomic mass is 16.3. The van der Waals surface area contributed by atoms with Crippen LogP contribution in [0.5, 0.6) is 0 Å². The largest absolute Gasteiger partial charge is 0.395 e. The zero-order valence-corrected chi connectivity index (χ0v) is 8.91. The lowest BCUT2D eigenvalue weighted by molar-refractivity contribution is 0.150. The van der Waals surface area contributed by atoms with Crippen molar-refractivity contribution in [2.24, 2.45) is 0 Å². The van der Waals surface area contributed by atoms with Crippen LogP contribution in [0, 0.1) is 12.3 Å². The summed E-state index contributed by atoms with van der Waals surface area (Å²) in [5.41, 5.74) is 0. The van der Waals surface area contributed by atoms with Gasteiger partial charge in [0.15, 0.2) is 0 Å². The summed E-state index contributed by atoms with van der Waals surface area (Å²) in [6.45, 7) is 2.14. The standard InChI is InChI=1S/C12H21NO/c1-2-3-6-9-13(10-11-14)12-7-4-5-8-12/h1,12,14H,3-11H2. The summed E-state index contributed by atoms with van der Waals surface area (Å²) < 4.78 is 0. The van der Waals surface area contributed by atoms with Gasteiger partial charge in [-0.15, -0.1) is 12.3 Å². The van der Waals surface area contributed by atoms with Gasteiger partial charge in [0, 0.05) is 19.0 Å². The Morgan fingerprint density at radius 1 is 1.29 bits per heavy atom. The molecule has 0 amide bonds. The van der Waals surface area contributed by atoms with Crippen molar-refractivity contribution in [1.29, 1.82) is 0 Å². The maximum absolute atomic E-state index is 8.97. The molecule has 1 saturated carbocycles. The lowest BCUT2D eigenvalue weighted by Gasteiger charge is -2.27. The van der Waals surface area contributed by atoms with Gasteiger partial charge < -0.3 is 5.11 Å². The first-order valence-electron chi connectivity index (χ1n) is 5.67. The van der Waals surface area contributed by atoms with Gasteiger partial charge in [-0.05, 0) is 25.8 Å². The van der Waals surface area contributed by atoms with Gasteiger partial charge in [0.1, 0.15) is 0 Å². The monoisotopic (exact) mass is 195 g/mol. The summed E-state index contributed by atoms with van der Waals surface area (Å²) in [5, 5.41) is 8.97. The molecule has 2 nitrogen and oxygen atoms in total. The van der Waals surface area contributed by atoms with Gasteiger partial charge in [-0.25, -0.2) is 0 Å². The van der Waals surface area contributed by atoms with Crippen molar-refractivity contribution in [1.82, 2.24) is 4.90 Å². The smallest absolute Gasteiger partial charge is 0.0558 e. The van der Waals surface area contributed by atoms with Crippen LogP contribution in [0.3, 0.4) is 0 Å². The van der Waals surface area contributed by atoms with Crippen LogP contribution in [-0.4, -0.2) is 35.7 Å². The minimum Gasteiger partial charge on any atom is -0.395 e. The van der Waals surface area contributed by atoms with Crippen LogP contribution in [0.2, 0.25) is 0 Å². The van der Waals surface area contributed by atoms with Crippen LogP contribution in [0.4, 0.5) is 0 Å². The molecule has 1 fully saturated rings. The van der Waals surface area contributed by atoms with Crippen LogP contribution >= 0.6 is 0 Å². The molecule has 80 valence electrons. The Morgan fingerprint density at radius 3 is 2.57 bits per heavy atom. The van der Waals surface area contributed by atoms with Crippen LogP contribution in [0.25, 0.3) is 0 Å². The Morgan fingerprint density at radius 2 is 2.00 bits per heavy atom. The Hall–Kier alpha value is -0.520. The van der Waals surface area contributed by atoms with E-state index in [1.54, 1.807) is 0 Å². The van der Waals surface area contributed by atoms with Crippen molar-refractivity contribution >= 4 is 0 Å². The molecule has 0 saturated heterocycles. The zero-order valence-electron chi connectivity index (χ0n) is 8.91. The van der Waals surface area contributed by atoms with Gasteiger partial charge in [0.2, 0.25) is 0 Å². The van der Waals surface area contributed by atoms with E-state index in [4.69, 9.17) is 11.5 Å². The average molecular weight is 195 g/mol. The molecular weight excluding hydrogens is 174 g/mol. The summed E-state index contributed by atoms with van der Waals surface area (Å²) in [6.07, 6.45) is 12.4. The summed E-state index contributed by atoms with van der Waals surface area (Å²) in [5.74, 6) is 2.67. The Kier molecular flexibility index (Phi) is 5.66. The van der Waals surface area contributed by atoms with Gasteiger partial charge in [-0.1, -0.05) is 12.8 Å². The Balaban J connectivity index is 2.26. The second kappa shape index (κ2) is 6.86. The van der Waals surface area contributed by atoms with Crippen molar-refractivity contribution in [3.05, 3.63) is 0 Å². The highest BCUT2D eigenvalue weighted by Gasteiger charge is 2.21. The van der Waals surface area contributed by atoms with E-state index in [1.165, 1.54) is 25.7 Å². The molecule has 0 aromatic carbocycles. The normalized spacial score (nSPS) is 17.5. The van der Waals surface area contributed by atoms with Crippen LogP contribution < -0.4 is 0 Å². The molecule has 1 aliphatic rings. The van der Waals surface area contributed by atoms with Crippen LogP contribution in [0.1, 0.15) is 38.5 Å². The molecule has 0 radical (unpaired) electrons. The minimum absolute atomic E-state index is 0.270. The average Bonchev–Trinajstić information content (AvgIpc) is 2.70. The summed E-state index contributed by atoms with van der Waals surface area (Å²) in [7, 11) is 0. The fourth-order valence-electron chi connectivity index (χ4n) is 2.26. The molecular formula is C12H21NO. The predicted molar refractivity (Wildman–Crippen MR) is 59.0 cm³/mol. The third-order valence-corrected chi connectivity index (χ3v) is 2.99. The fourth-order valence-corrected chi connectivity index (χ4v) is 2.26. The number of unbranched alkanes of at least 4 members (excludes halogenated alkanes) is 1. The molecule has 0 spiro atoms. The summed E-state index contributed by atoms with van der Waals surface area (Å²) in [4.78, 5) is 2.41. The number of aliphatic hydroxyl groups excluding tert-OH is 1. The number of nitrogens with zero attached hydrogens (tertiary/aromatic N) is 1. The number of aliphatic hydroxyl groups is 1. The highest BCUT2D eigenvalue weighted by molar-refractivity contribution is 4.84. The first-order chi connectivity index (χ1) is 6.88. The van der Waals surface area contributed by atoms with E-state index in [2.05, 4.69) is 10.8 Å². The lowest BCUT2D eigenvalue weighted by atomic mass is 10.2. The first-order valence-corrected chi connectivity index (χ1v) is 5.67. The number of hydrogen-bond acceptors (Lipinski definition) is 2. The van der Waals surface area contributed by atoms with E-state index in [-0.39, 0.29) is 6.61 Å². The molecule has 0 aliphatic heterocycles. The van der Waals surface area contributed by atoms with E-state index in [0.717, 1.165) is 25.9 Å². The second-order valence-electron chi connectivity index (χ2n) is 4.01. The van der Waals surface area contributed by atoms with Crippen molar-refractivity contribution in [2.45, 2.75) is 44.6 Å². The fraction of sp³-hybridized carbons (Fsp3) is 0.833. The van der Waals surface area contributed by atoms with Gasteiger partial charge in [-0.3, -0.25) is 4.90 Å². The molecule has 0 unspecified atom stereocenters. The summed E-state index contributed by atoms with van der Waals surface area (Å²) >= 11 is 0. The number of rotatable bonds is 6. The molecule has 2 heteroatoms. The first kappa shape index (κ1) is 11.6. The second-order valence-corrected chi connectivity index (χ2v) is 4.01. The number of hydrogen-bond donors (Lipinski definition) is 1. The van der Waals surface area contributed by atoms with E-state index in [1.807, 2.05) is 0 Å². The zero-order chi connectivity index (χ0) is 10.2. The Bertz CT molecular complexity index is 179. The van der Waals surface area contributed by atoms with E-state index >= 15 is 0 Å². The molecule has 14 heavy (non-hydrogen) atoms. The third kappa shape index (κ3) is 3.69. The topological polar surface area (TPSA) is 23.5 Å². The summed E-state index contributed by atoms with van der Waals surface area (Å²) in [6, 6.07) is 0.708. The third-order valence-electron chi connectivity index (χ3n) is 2.99. The van der Waals surface area contributed by atoms with Crippen molar-refractivity contribution in [3.63, 3.8) is 0 Å². The van der Waals surface area contributed by atoms with Crippen molar-refractivity contribution < 1.29 is 5.11 Å². The maximum Gasteiger partial charge on any atom is 0.0558 e. The SMILES string of the molecule is C#CCCCN(CCO)C1CCCC1. The molecule has 0 bridgehead atoms. The Labute approximate surface area is 87.3 Å². The lowest BCUT2D eigenvalue weighted by Crippen LogP contribution is -2.36. The number of terminal acetylenes is 1. The van der Waals surface area contributed by atoms with E-state index < -0.39 is 0 Å². The molecule has 0 atom stereocenters. The van der Waals surface area contributed by atoms with Crippen LogP contribution in [0.15, 0.2) is 0 Å². The van der Waals surface area contributed by atoms with Gasteiger partial charge in [-0.2, -0.15) is 0 Å². The van der Waals surface area contributed by atoms with Crippen LogP contribution in [-0.2, 0) is 0 Å². The highest BCUT2D eigenvalue weighted by Crippen LogP contribution is 2.23. The van der Waals surface area contributed by atoms with Gasteiger partial charge in [0.05, 0.1) is 6.61 Å². The molecule has 1 aliphatic carbocycles. The quantitative estimate of drug-likeness (QED) is 0.514. The maximum atomic E-state index is 8.97. The van der Waals surface area contributed by atoms with Crippen molar-refractivity contribution in [2.75, 3.05) is 19.7 Å².